The highest BCUT2D eigenvalue weighted by Crippen LogP contribution is 2.34. The molecule has 0 aromatic heterocycles. The van der Waals surface area contributed by atoms with Gasteiger partial charge in [0.1, 0.15) is 18.1 Å². The molecule has 6 nitrogen and oxygen atoms in total. The van der Waals surface area contributed by atoms with Crippen molar-refractivity contribution in [1.29, 1.82) is 0 Å². The number of unbranched alkanes of at least 4 members (excludes halogenated alkanes) is 1. The first kappa shape index (κ1) is 22.7. The highest BCUT2D eigenvalue weighted by atomic mass is 16.5. The van der Waals surface area contributed by atoms with Crippen LogP contribution in [0.2, 0.25) is 0 Å². The van der Waals surface area contributed by atoms with E-state index >= 15 is 0 Å². The third kappa shape index (κ3) is 6.00. The summed E-state index contributed by atoms with van der Waals surface area (Å²) < 4.78 is 11.4. The van der Waals surface area contributed by atoms with Crippen LogP contribution in [0, 0.1) is 0 Å². The molecule has 1 aliphatic rings. The number of carbonyl (C=O) groups excluding carboxylic acids is 2. The van der Waals surface area contributed by atoms with Gasteiger partial charge in [0.05, 0.1) is 12.2 Å². The minimum atomic E-state index is -0.131. The lowest BCUT2D eigenvalue weighted by Gasteiger charge is -2.29. The largest absolute Gasteiger partial charge is 0.492 e. The predicted octanol–water partition coefficient (Wildman–Crippen LogP) is 4.92. The van der Waals surface area contributed by atoms with Gasteiger partial charge in [-0.1, -0.05) is 46.2 Å². The van der Waals surface area contributed by atoms with Crippen LogP contribution in [0.5, 0.6) is 11.5 Å². The summed E-state index contributed by atoms with van der Waals surface area (Å²) in [5.74, 6) is 1.23. The molecule has 1 heterocycles. The molecule has 166 valence electrons. The number of amides is 2. The van der Waals surface area contributed by atoms with E-state index in [1.54, 1.807) is 23.1 Å². The number of anilines is 2. The molecule has 6 heteroatoms. The zero-order chi connectivity index (χ0) is 22.4. The molecular formula is C25H32N2O4. The molecule has 0 saturated heterocycles. The first-order valence-corrected chi connectivity index (χ1v) is 10.9. The molecule has 2 aromatic carbocycles. The van der Waals surface area contributed by atoms with E-state index < -0.39 is 0 Å². The number of ether oxygens (including phenoxy) is 2. The molecular weight excluding hydrogens is 392 g/mol. The SMILES string of the molecule is CCCCC(=O)Nc1ccc2c(c1)N(CCOc1ccc(C(C)(C)C)cc1)C(=O)CO2. The van der Waals surface area contributed by atoms with Crippen molar-refractivity contribution in [3.05, 3.63) is 48.0 Å². The number of hydrogen-bond donors (Lipinski definition) is 1. The van der Waals surface area contributed by atoms with E-state index in [1.165, 1.54) is 5.56 Å². The third-order valence-electron chi connectivity index (χ3n) is 5.25. The van der Waals surface area contributed by atoms with Gasteiger partial charge in [-0.05, 0) is 47.7 Å². The second-order valence-electron chi connectivity index (χ2n) is 8.79. The lowest BCUT2D eigenvalue weighted by atomic mass is 9.87. The maximum absolute atomic E-state index is 12.5. The maximum atomic E-state index is 12.5. The molecule has 0 unspecified atom stereocenters. The fraction of sp³-hybridized carbons (Fsp3) is 0.440. The molecule has 0 atom stereocenters. The Labute approximate surface area is 184 Å². The Kier molecular flexibility index (Phi) is 7.21. The molecule has 0 spiro atoms. The molecule has 0 bridgehead atoms. The van der Waals surface area contributed by atoms with Crippen molar-refractivity contribution in [2.24, 2.45) is 0 Å². The number of fused-ring (bicyclic) bond motifs is 1. The smallest absolute Gasteiger partial charge is 0.265 e. The van der Waals surface area contributed by atoms with Gasteiger partial charge in [-0.2, -0.15) is 0 Å². The van der Waals surface area contributed by atoms with Gasteiger partial charge in [-0.25, -0.2) is 0 Å². The average Bonchev–Trinajstić information content (AvgIpc) is 2.73. The van der Waals surface area contributed by atoms with Gasteiger partial charge in [0, 0.05) is 12.1 Å². The Hall–Kier alpha value is -3.02. The van der Waals surface area contributed by atoms with E-state index in [4.69, 9.17) is 9.47 Å². The summed E-state index contributed by atoms with van der Waals surface area (Å²) in [4.78, 5) is 26.2. The first-order chi connectivity index (χ1) is 14.8. The van der Waals surface area contributed by atoms with Gasteiger partial charge in [0.25, 0.3) is 5.91 Å². The Balaban J connectivity index is 1.64. The zero-order valence-corrected chi connectivity index (χ0v) is 18.9. The number of nitrogens with zero attached hydrogens (tertiary/aromatic N) is 1. The van der Waals surface area contributed by atoms with Crippen LogP contribution in [0.1, 0.15) is 52.5 Å². The topological polar surface area (TPSA) is 67.9 Å². The quantitative estimate of drug-likeness (QED) is 0.653. The van der Waals surface area contributed by atoms with E-state index in [0.29, 0.717) is 36.7 Å². The average molecular weight is 425 g/mol. The van der Waals surface area contributed by atoms with Crippen LogP contribution in [0.15, 0.2) is 42.5 Å². The zero-order valence-electron chi connectivity index (χ0n) is 18.9. The van der Waals surface area contributed by atoms with Crippen molar-refractivity contribution in [2.75, 3.05) is 30.0 Å². The molecule has 1 aliphatic heterocycles. The fourth-order valence-electron chi connectivity index (χ4n) is 3.39. The van der Waals surface area contributed by atoms with Crippen LogP contribution in [0.25, 0.3) is 0 Å². The monoisotopic (exact) mass is 424 g/mol. The summed E-state index contributed by atoms with van der Waals surface area (Å²) in [6.07, 6.45) is 2.29. The summed E-state index contributed by atoms with van der Waals surface area (Å²) in [5.41, 5.74) is 2.63. The summed E-state index contributed by atoms with van der Waals surface area (Å²) >= 11 is 0. The van der Waals surface area contributed by atoms with Crippen molar-refractivity contribution in [1.82, 2.24) is 0 Å². The van der Waals surface area contributed by atoms with E-state index in [2.05, 4.69) is 38.2 Å². The second-order valence-corrected chi connectivity index (χ2v) is 8.79. The predicted molar refractivity (Wildman–Crippen MR) is 123 cm³/mol. The molecule has 31 heavy (non-hydrogen) atoms. The maximum Gasteiger partial charge on any atom is 0.265 e. The van der Waals surface area contributed by atoms with E-state index in [1.807, 2.05) is 19.1 Å². The number of rotatable bonds is 8. The van der Waals surface area contributed by atoms with E-state index in [0.717, 1.165) is 18.6 Å². The molecule has 3 rings (SSSR count). The van der Waals surface area contributed by atoms with Crippen LogP contribution in [0.3, 0.4) is 0 Å². The van der Waals surface area contributed by atoms with Gasteiger partial charge >= 0.3 is 0 Å². The van der Waals surface area contributed by atoms with Crippen molar-refractivity contribution >= 4 is 23.2 Å². The van der Waals surface area contributed by atoms with Crippen molar-refractivity contribution in [3.63, 3.8) is 0 Å². The van der Waals surface area contributed by atoms with Gasteiger partial charge in [-0.15, -0.1) is 0 Å². The van der Waals surface area contributed by atoms with Gasteiger partial charge in [0.15, 0.2) is 6.61 Å². The van der Waals surface area contributed by atoms with Crippen LogP contribution >= 0.6 is 0 Å². The third-order valence-corrected chi connectivity index (χ3v) is 5.25. The molecule has 0 saturated carbocycles. The highest BCUT2D eigenvalue weighted by Gasteiger charge is 2.26. The number of benzene rings is 2. The fourth-order valence-corrected chi connectivity index (χ4v) is 3.39. The summed E-state index contributed by atoms with van der Waals surface area (Å²) in [7, 11) is 0. The summed E-state index contributed by atoms with van der Waals surface area (Å²) in [6, 6.07) is 13.4. The minimum Gasteiger partial charge on any atom is -0.492 e. The van der Waals surface area contributed by atoms with Crippen molar-refractivity contribution < 1.29 is 19.1 Å². The molecule has 2 amide bonds. The van der Waals surface area contributed by atoms with Crippen LogP contribution in [-0.4, -0.2) is 31.6 Å². The Morgan fingerprint density at radius 2 is 1.90 bits per heavy atom. The standard InChI is InChI=1S/C25H32N2O4/c1-5-6-7-23(28)26-19-10-13-22-21(16-19)27(24(29)17-31-22)14-15-30-20-11-8-18(9-12-20)25(2,3)4/h8-13,16H,5-7,14-15,17H2,1-4H3,(H,26,28). The number of carbonyl (C=O) groups is 2. The van der Waals surface area contributed by atoms with Gasteiger partial charge in [0.2, 0.25) is 5.91 Å². The second kappa shape index (κ2) is 9.86. The van der Waals surface area contributed by atoms with E-state index in [9.17, 15) is 9.59 Å². The summed E-state index contributed by atoms with van der Waals surface area (Å²) in [6.45, 7) is 9.31. The van der Waals surface area contributed by atoms with Crippen LogP contribution < -0.4 is 19.7 Å². The normalized spacial score (nSPS) is 13.4. The van der Waals surface area contributed by atoms with Crippen molar-refractivity contribution in [3.8, 4) is 11.5 Å². The highest BCUT2D eigenvalue weighted by molar-refractivity contribution is 5.99. The van der Waals surface area contributed by atoms with E-state index in [-0.39, 0.29) is 23.8 Å². The van der Waals surface area contributed by atoms with Crippen LogP contribution in [0.4, 0.5) is 11.4 Å². The number of hydrogen-bond acceptors (Lipinski definition) is 4. The van der Waals surface area contributed by atoms with Crippen LogP contribution in [-0.2, 0) is 15.0 Å². The summed E-state index contributed by atoms with van der Waals surface area (Å²) in [5, 5.41) is 2.90. The lowest BCUT2D eigenvalue weighted by molar-refractivity contribution is -0.121. The van der Waals surface area contributed by atoms with Gasteiger partial charge in [-0.3, -0.25) is 9.59 Å². The molecule has 2 aromatic rings. The first-order valence-electron chi connectivity index (χ1n) is 10.9. The lowest BCUT2D eigenvalue weighted by Crippen LogP contribution is -2.41. The minimum absolute atomic E-state index is 0.00448. The molecule has 0 radical (unpaired) electrons. The Bertz CT molecular complexity index is 916. The number of nitrogens with one attached hydrogen (secondary N) is 1. The Morgan fingerprint density at radius 1 is 1.16 bits per heavy atom. The molecule has 0 fully saturated rings. The Morgan fingerprint density at radius 3 is 2.58 bits per heavy atom. The van der Waals surface area contributed by atoms with Crippen molar-refractivity contribution in [2.45, 2.75) is 52.4 Å². The van der Waals surface area contributed by atoms with Gasteiger partial charge < -0.3 is 19.7 Å². The molecule has 1 N–H and O–H groups in total. The molecule has 0 aliphatic carbocycles.